The molecular formula is C21H18N4O4S. The number of pyridine rings is 1. The number of hydrogen-bond acceptors (Lipinski definition) is 6. The molecule has 0 atom stereocenters. The number of aromatic nitrogens is 3. The Labute approximate surface area is 174 Å². The SMILES string of the molecule is Nc1ncc(C(=O)O)c2scc(Cn3c(=O)ccn(CCc4ccccc4)c3=O)c12. The van der Waals surface area contributed by atoms with Crippen molar-refractivity contribution in [3.8, 4) is 0 Å². The molecule has 0 spiro atoms. The minimum Gasteiger partial charge on any atom is -0.478 e. The number of carbonyl (C=O) groups is 1. The fraction of sp³-hybridized carbons (Fsp3) is 0.143. The van der Waals surface area contributed by atoms with E-state index in [4.69, 9.17) is 5.73 Å². The Morgan fingerprint density at radius 3 is 2.67 bits per heavy atom. The number of nitrogens with zero attached hydrogens (tertiary/aromatic N) is 3. The molecule has 0 saturated heterocycles. The Kier molecular flexibility index (Phi) is 5.20. The lowest BCUT2D eigenvalue weighted by molar-refractivity contribution is 0.0699. The lowest BCUT2D eigenvalue weighted by Crippen LogP contribution is -2.39. The second-order valence-electron chi connectivity index (χ2n) is 6.78. The van der Waals surface area contributed by atoms with E-state index >= 15 is 0 Å². The number of hydrogen-bond donors (Lipinski definition) is 2. The molecule has 152 valence electrons. The van der Waals surface area contributed by atoms with Crippen LogP contribution in [0.1, 0.15) is 21.5 Å². The molecule has 8 nitrogen and oxygen atoms in total. The summed E-state index contributed by atoms with van der Waals surface area (Å²) < 4.78 is 3.09. The zero-order valence-corrected chi connectivity index (χ0v) is 16.6. The summed E-state index contributed by atoms with van der Waals surface area (Å²) in [5.74, 6) is -0.944. The average molecular weight is 422 g/mol. The Morgan fingerprint density at radius 2 is 1.93 bits per heavy atom. The number of anilines is 1. The molecule has 0 unspecified atom stereocenters. The van der Waals surface area contributed by atoms with Gasteiger partial charge in [0.05, 0.1) is 16.8 Å². The number of aryl methyl sites for hydroxylation is 2. The Morgan fingerprint density at radius 1 is 1.17 bits per heavy atom. The van der Waals surface area contributed by atoms with Gasteiger partial charge in [0.15, 0.2) is 0 Å². The van der Waals surface area contributed by atoms with Gasteiger partial charge in [-0.05, 0) is 22.9 Å². The van der Waals surface area contributed by atoms with Gasteiger partial charge in [-0.2, -0.15) is 0 Å². The lowest BCUT2D eigenvalue weighted by atomic mass is 10.1. The molecule has 3 N–H and O–H groups in total. The third-order valence-electron chi connectivity index (χ3n) is 4.88. The van der Waals surface area contributed by atoms with Crippen LogP contribution < -0.4 is 17.0 Å². The second-order valence-corrected chi connectivity index (χ2v) is 7.66. The van der Waals surface area contributed by atoms with Gasteiger partial charge in [-0.25, -0.2) is 14.6 Å². The fourth-order valence-corrected chi connectivity index (χ4v) is 4.41. The summed E-state index contributed by atoms with van der Waals surface area (Å²) in [5.41, 5.74) is 6.82. The van der Waals surface area contributed by atoms with Crippen LogP contribution in [0.15, 0.2) is 63.8 Å². The van der Waals surface area contributed by atoms with Gasteiger partial charge in [-0.15, -0.1) is 11.3 Å². The first-order valence-corrected chi connectivity index (χ1v) is 10.1. The number of nitrogens with two attached hydrogens (primary N) is 1. The van der Waals surface area contributed by atoms with E-state index in [1.807, 2.05) is 30.3 Å². The van der Waals surface area contributed by atoms with E-state index in [9.17, 15) is 19.5 Å². The first-order valence-electron chi connectivity index (χ1n) is 9.17. The third-order valence-corrected chi connectivity index (χ3v) is 5.95. The number of nitrogen functional groups attached to an aromatic ring is 1. The fourth-order valence-electron chi connectivity index (χ4n) is 3.34. The molecule has 9 heteroatoms. The van der Waals surface area contributed by atoms with Gasteiger partial charge in [0.1, 0.15) is 5.82 Å². The first kappa shape index (κ1) is 19.6. The summed E-state index contributed by atoms with van der Waals surface area (Å²) in [5, 5.41) is 11.5. The molecular weight excluding hydrogens is 404 g/mol. The van der Waals surface area contributed by atoms with E-state index in [2.05, 4.69) is 4.98 Å². The topological polar surface area (TPSA) is 120 Å². The zero-order chi connectivity index (χ0) is 21.3. The van der Waals surface area contributed by atoms with Gasteiger partial charge < -0.3 is 15.4 Å². The molecule has 0 amide bonds. The van der Waals surface area contributed by atoms with Gasteiger partial charge in [0, 0.05) is 30.4 Å². The normalized spacial score (nSPS) is 11.1. The number of carboxylic acids is 1. The van der Waals surface area contributed by atoms with E-state index in [0.29, 0.717) is 28.6 Å². The molecule has 0 aliphatic heterocycles. The van der Waals surface area contributed by atoms with Crippen molar-refractivity contribution in [2.45, 2.75) is 19.5 Å². The number of benzene rings is 1. The summed E-state index contributed by atoms with van der Waals surface area (Å²) in [4.78, 5) is 40.7. The molecule has 4 rings (SSSR count). The van der Waals surface area contributed by atoms with Crippen molar-refractivity contribution in [1.29, 1.82) is 0 Å². The van der Waals surface area contributed by atoms with Crippen molar-refractivity contribution in [3.05, 3.63) is 91.7 Å². The first-order chi connectivity index (χ1) is 14.5. The number of fused-ring (bicyclic) bond motifs is 1. The maximum Gasteiger partial charge on any atom is 0.338 e. The van der Waals surface area contributed by atoms with Crippen LogP contribution in [0.3, 0.4) is 0 Å². The molecule has 0 saturated carbocycles. The Bertz CT molecular complexity index is 1360. The van der Waals surface area contributed by atoms with Crippen molar-refractivity contribution >= 4 is 33.2 Å². The predicted molar refractivity (Wildman–Crippen MR) is 115 cm³/mol. The Hall–Kier alpha value is -3.72. The summed E-state index contributed by atoms with van der Waals surface area (Å²) in [7, 11) is 0. The van der Waals surface area contributed by atoms with Crippen LogP contribution >= 0.6 is 11.3 Å². The summed E-state index contributed by atoms with van der Waals surface area (Å²) in [6.45, 7) is 0.416. The van der Waals surface area contributed by atoms with Crippen molar-refractivity contribution in [1.82, 2.24) is 14.1 Å². The van der Waals surface area contributed by atoms with Gasteiger partial charge in [0.25, 0.3) is 5.56 Å². The maximum atomic E-state index is 12.9. The van der Waals surface area contributed by atoms with Gasteiger partial charge in [0.2, 0.25) is 0 Å². The molecule has 0 fully saturated rings. The molecule has 0 bridgehead atoms. The number of aromatic carboxylic acids is 1. The minimum atomic E-state index is -1.11. The maximum absolute atomic E-state index is 12.9. The van der Waals surface area contributed by atoms with Crippen molar-refractivity contribution in [3.63, 3.8) is 0 Å². The monoisotopic (exact) mass is 422 g/mol. The van der Waals surface area contributed by atoms with Crippen LogP contribution in [-0.4, -0.2) is 25.2 Å². The summed E-state index contributed by atoms with van der Waals surface area (Å²) >= 11 is 1.20. The molecule has 4 aromatic rings. The highest BCUT2D eigenvalue weighted by Gasteiger charge is 2.18. The van der Waals surface area contributed by atoms with Crippen molar-refractivity contribution < 1.29 is 9.90 Å². The van der Waals surface area contributed by atoms with Crippen LogP contribution in [0, 0.1) is 0 Å². The van der Waals surface area contributed by atoms with Crippen LogP contribution in [0.25, 0.3) is 10.1 Å². The smallest absolute Gasteiger partial charge is 0.338 e. The quantitative estimate of drug-likeness (QED) is 0.491. The third kappa shape index (κ3) is 3.62. The molecule has 0 aliphatic rings. The molecule has 3 heterocycles. The largest absolute Gasteiger partial charge is 0.478 e. The van der Waals surface area contributed by atoms with Crippen molar-refractivity contribution in [2.75, 3.05) is 5.73 Å². The molecule has 0 aliphatic carbocycles. The standard InChI is InChI=1S/C21H18N4O4S/c22-19-17-14(12-30-18(17)15(10-23-19)20(27)28)11-25-16(26)7-9-24(21(25)29)8-6-13-4-2-1-3-5-13/h1-5,7,9-10,12H,6,8,11H2,(H2,22,23)(H,27,28). The number of carboxylic acid groups (broad SMARTS) is 1. The van der Waals surface area contributed by atoms with Crippen LogP contribution in [-0.2, 0) is 19.5 Å². The summed E-state index contributed by atoms with van der Waals surface area (Å²) in [6.07, 6.45) is 3.36. The Balaban J connectivity index is 1.70. The predicted octanol–water partition coefficient (Wildman–Crippen LogP) is 2.19. The molecule has 3 aromatic heterocycles. The van der Waals surface area contributed by atoms with E-state index in [-0.39, 0.29) is 17.9 Å². The van der Waals surface area contributed by atoms with Gasteiger partial charge in [-0.1, -0.05) is 30.3 Å². The van der Waals surface area contributed by atoms with Gasteiger partial charge >= 0.3 is 11.7 Å². The highest BCUT2D eigenvalue weighted by Crippen LogP contribution is 2.32. The molecule has 30 heavy (non-hydrogen) atoms. The van der Waals surface area contributed by atoms with Gasteiger partial charge in [-0.3, -0.25) is 9.36 Å². The highest BCUT2D eigenvalue weighted by atomic mass is 32.1. The van der Waals surface area contributed by atoms with Crippen LogP contribution in [0.5, 0.6) is 0 Å². The van der Waals surface area contributed by atoms with E-state index in [1.165, 1.54) is 34.4 Å². The second kappa shape index (κ2) is 7.96. The van der Waals surface area contributed by atoms with Crippen molar-refractivity contribution in [2.24, 2.45) is 0 Å². The lowest BCUT2D eigenvalue weighted by Gasteiger charge is -2.10. The zero-order valence-electron chi connectivity index (χ0n) is 15.8. The highest BCUT2D eigenvalue weighted by molar-refractivity contribution is 7.17. The van der Waals surface area contributed by atoms with Crippen LogP contribution in [0.2, 0.25) is 0 Å². The molecule has 0 radical (unpaired) electrons. The molecule has 1 aromatic carbocycles. The minimum absolute atomic E-state index is 0.0151. The van der Waals surface area contributed by atoms with Crippen LogP contribution in [0.4, 0.5) is 5.82 Å². The van der Waals surface area contributed by atoms with E-state index in [0.717, 1.165) is 10.1 Å². The average Bonchev–Trinajstić information content (AvgIpc) is 3.16. The van der Waals surface area contributed by atoms with E-state index < -0.39 is 17.2 Å². The summed E-state index contributed by atoms with van der Waals surface area (Å²) in [6, 6.07) is 11.1. The van der Waals surface area contributed by atoms with E-state index in [1.54, 1.807) is 5.38 Å². The number of thiophene rings is 1. The number of rotatable bonds is 6.